The average molecular weight is 390 g/mol. The van der Waals surface area contributed by atoms with Gasteiger partial charge in [-0.15, -0.1) is 0 Å². The Kier molecular flexibility index (Phi) is 5.36. The van der Waals surface area contributed by atoms with Crippen molar-refractivity contribution in [2.24, 2.45) is 0 Å². The summed E-state index contributed by atoms with van der Waals surface area (Å²) in [4.78, 5) is 26.5. The first kappa shape index (κ1) is 19.2. The van der Waals surface area contributed by atoms with Crippen molar-refractivity contribution in [3.8, 4) is 5.75 Å². The molecular weight excluding hydrogens is 368 g/mol. The fraction of sp³-hybridized carbons (Fsp3) is 0.368. The third kappa shape index (κ3) is 4.05. The van der Waals surface area contributed by atoms with Gasteiger partial charge in [-0.2, -0.15) is 0 Å². The van der Waals surface area contributed by atoms with Crippen molar-refractivity contribution >= 4 is 21.4 Å². The number of anilines is 1. The van der Waals surface area contributed by atoms with Crippen LogP contribution in [0.2, 0.25) is 0 Å². The number of hydrogen-bond donors (Lipinski definition) is 0. The van der Waals surface area contributed by atoms with Crippen LogP contribution in [0.4, 0.5) is 5.69 Å². The van der Waals surface area contributed by atoms with E-state index in [9.17, 15) is 18.0 Å². The Labute approximate surface area is 158 Å². The Morgan fingerprint density at radius 2 is 1.96 bits per heavy atom. The number of carbonyl (C=O) groups excluding carboxylic acids is 1. The zero-order valence-corrected chi connectivity index (χ0v) is 16.1. The van der Waals surface area contributed by atoms with Crippen LogP contribution in [-0.2, 0) is 21.2 Å². The fourth-order valence-electron chi connectivity index (χ4n) is 3.42. The van der Waals surface area contributed by atoms with E-state index < -0.39 is 15.9 Å². The highest BCUT2D eigenvalue weighted by Crippen LogP contribution is 2.25. The molecule has 2 aromatic rings. The maximum absolute atomic E-state index is 13.1. The molecule has 0 unspecified atom stereocenters. The molecule has 0 saturated carbocycles. The second-order valence-electron chi connectivity index (χ2n) is 6.58. The molecular formula is C19H22N2O5S. The van der Waals surface area contributed by atoms with E-state index in [4.69, 9.17) is 4.74 Å². The number of aromatic nitrogens is 1. The molecule has 1 aliphatic heterocycles. The molecule has 1 amide bonds. The highest BCUT2D eigenvalue weighted by atomic mass is 32.2. The lowest BCUT2D eigenvalue weighted by molar-refractivity contribution is -0.119. The average Bonchev–Trinajstić information content (AvgIpc) is 2.98. The fourth-order valence-corrected chi connectivity index (χ4v) is 5.12. The van der Waals surface area contributed by atoms with E-state index in [0.717, 1.165) is 0 Å². The number of benzene rings is 1. The predicted octanol–water partition coefficient (Wildman–Crippen LogP) is 1.39. The molecule has 2 heterocycles. The number of hydrogen-bond acceptors (Lipinski definition) is 5. The maximum atomic E-state index is 13.1. The molecule has 0 spiro atoms. The Bertz CT molecular complexity index is 999. The molecule has 0 radical (unpaired) electrons. The monoisotopic (exact) mass is 390 g/mol. The largest absolute Gasteiger partial charge is 0.491 e. The van der Waals surface area contributed by atoms with Crippen LogP contribution in [0.15, 0.2) is 47.4 Å². The van der Waals surface area contributed by atoms with E-state index in [1.807, 2.05) is 18.2 Å². The van der Waals surface area contributed by atoms with Crippen LogP contribution in [0.5, 0.6) is 5.75 Å². The third-order valence-corrected chi connectivity index (χ3v) is 6.53. The summed E-state index contributed by atoms with van der Waals surface area (Å²) in [6, 6.07) is 10.0. The summed E-state index contributed by atoms with van der Waals surface area (Å²) in [5, 5.41) is 0. The smallest absolute Gasteiger partial charge is 0.247 e. The quantitative estimate of drug-likeness (QED) is 0.770. The Morgan fingerprint density at radius 1 is 1.26 bits per heavy atom. The zero-order chi connectivity index (χ0) is 19.6. The van der Waals surface area contributed by atoms with Crippen LogP contribution in [0.3, 0.4) is 0 Å². The molecule has 7 nitrogen and oxygen atoms in total. The topological polar surface area (TPSA) is 85.7 Å². The molecule has 1 atom stereocenters. The number of ether oxygens (including phenoxy) is 1. The van der Waals surface area contributed by atoms with Gasteiger partial charge in [0, 0.05) is 18.0 Å². The summed E-state index contributed by atoms with van der Waals surface area (Å²) in [7, 11) is -1.73. The van der Waals surface area contributed by atoms with Crippen molar-refractivity contribution in [2.75, 3.05) is 23.5 Å². The van der Waals surface area contributed by atoms with Crippen LogP contribution < -0.4 is 15.1 Å². The summed E-state index contributed by atoms with van der Waals surface area (Å²) in [6.07, 6.45) is 1.96. The molecule has 144 valence electrons. The van der Waals surface area contributed by atoms with Crippen molar-refractivity contribution in [1.29, 1.82) is 0 Å². The first-order valence-electron chi connectivity index (χ1n) is 8.64. The molecule has 1 aliphatic rings. The number of amides is 1. The number of methoxy groups -OCH3 is 1. The van der Waals surface area contributed by atoms with Gasteiger partial charge in [0.15, 0.2) is 15.6 Å². The second kappa shape index (κ2) is 7.56. The van der Waals surface area contributed by atoms with Crippen molar-refractivity contribution in [1.82, 2.24) is 4.57 Å². The Balaban J connectivity index is 1.94. The minimum atomic E-state index is -3.14. The van der Waals surface area contributed by atoms with Crippen LogP contribution in [0, 0.1) is 6.92 Å². The second-order valence-corrected chi connectivity index (χ2v) is 8.81. The number of para-hydroxylation sites is 1. The minimum absolute atomic E-state index is 0.0199. The van der Waals surface area contributed by atoms with Gasteiger partial charge in [0.2, 0.25) is 11.3 Å². The molecule has 1 fully saturated rings. The molecule has 1 saturated heterocycles. The summed E-state index contributed by atoms with van der Waals surface area (Å²) in [5.74, 6) is -0.00342. The normalized spacial score (nSPS) is 18.2. The van der Waals surface area contributed by atoms with Gasteiger partial charge in [0.05, 0.1) is 30.4 Å². The molecule has 0 aliphatic carbocycles. The first-order valence-corrected chi connectivity index (χ1v) is 10.5. The first-order chi connectivity index (χ1) is 12.8. The zero-order valence-electron chi connectivity index (χ0n) is 15.3. The third-order valence-electron chi connectivity index (χ3n) is 4.78. The van der Waals surface area contributed by atoms with Gasteiger partial charge < -0.3 is 14.2 Å². The van der Waals surface area contributed by atoms with E-state index in [2.05, 4.69) is 0 Å². The lowest BCUT2D eigenvalue weighted by Crippen LogP contribution is -2.43. The number of pyridine rings is 1. The summed E-state index contributed by atoms with van der Waals surface area (Å²) in [5.41, 5.74) is 0.959. The molecule has 3 rings (SSSR count). The number of nitrogens with zero attached hydrogens (tertiary/aromatic N) is 2. The van der Waals surface area contributed by atoms with Crippen LogP contribution in [-0.4, -0.2) is 43.5 Å². The van der Waals surface area contributed by atoms with E-state index in [-0.39, 0.29) is 35.1 Å². The number of carbonyl (C=O) groups is 1. The number of rotatable bonds is 5. The van der Waals surface area contributed by atoms with Crippen molar-refractivity contribution in [2.45, 2.75) is 25.9 Å². The van der Waals surface area contributed by atoms with E-state index >= 15 is 0 Å². The lowest BCUT2D eigenvalue weighted by Gasteiger charge is -2.29. The van der Waals surface area contributed by atoms with Gasteiger partial charge in [-0.25, -0.2) is 8.42 Å². The van der Waals surface area contributed by atoms with Gasteiger partial charge in [0.25, 0.3) is 0 Å². The van der Waals surface area contributed by atoms with Crippen molar-refractivity contribution in [3.63, 3.8) is 0 Å². The molecule has 1 aromatic heterocycles. The maximum Gasteiger partial charge on any atom is 0.247 e. The van der Waals surface area contributed by atoms with E-state index in [1.54, 1.807) is 34.7 Å². The Hall–Kier alpha value is -2.61. The molecule has 0 N–H and O–H groups in total. The Morgan fingerprint density at radius 3 is 2.56 bits per heavy atom. The van der Waals surface area contributed by atoms with Crippen LogP contribution in [0.1, 0.15) is 12.1 Å². The standard InChI is InChI=1S/C19H22N2O5S/c1-14-19(26-2)17(22)8-10-20(14)12-18(23)21(15-6-4-3-5-7-15)16-9-11-27(24,25)13-16/h3-8,10,16H,9,11-13H2,1-2H3/t16-/m0/s1. The summed E-state index contributed by atoms with van der Waals surface area (Å²) < 4.78 is 30.7. The molecule has 27 heavy (non-hydrogen) atoms. The van der Waals surface area contributed by atoms with Gasteiger partial charge in [-0.3, -0.25) is 9.59 Å². The molecule has 1 aromatic carbocycles. The summed E-state index contributed by atoms with van der Waals surface area (Å²) >= 11 is 0. The number of sulfone groups is 1. The van der Waals surface area contributed by atoms with Gasteiger partial charge >= 0.3 is 0 Å². The molecule has 8 heteroatoms. The van der Waals surface area contributed by atoms with Crippen LogP contribution in [0.25, 0.3) is 0 Å². The van der Waals surface area contributed by atoms with Crippen LogP contribution >= 0.6 is 0 Å². The van der Waals surface area contributed by atoms with Gasteiger partial charge in [-0.05, 0) is 25.5 Å². The van der Waals surface area contributed by atoms with E-state index in [1.165, 1.54) is 13.2 Å². The highest BCUT2D eigenvalue weighted by Gasteiger charge is 2.35. The predicted molar refractivity (Wildman–Crippen MR) is 103 cm³/mol. The lowest BCUT2D eigenvalue weighted by atomic mass is 10.1. The van der Waals surface area contributed by atoms with Gasteiger partial charge in [-0.1, -0.05) is 18.2 Å². The SMILES string of the molecule is COc1c(C)n(CC(=O)N(c2ccccc2)[C@H]2CCS(=O)(=O)C2)ccc1=O. The van der Waals surface area contributed by atoms with Crippen molar-refractivity contribution in [3.05, 3.63) is 58.5 Å². The van der Waals surface area contributed by atoms with Gasteiger partial charge in [0.1, 0.15) is 6.54 Å². The van der Waals surface area contributed by atoms with Crippen molar-refractivity contribution < 1.29 is 17.9 Å². The highest BCUT2D eigenvalue weighted by molar-refractivity contribution is 7.91. The minimum Gasteiger partial charge on any atom is -0.491 e. The van der Waals surface area contributed by atoms with E-state index in [0.29, 0.717) is 17.8 Å². The summed E-state index contributed by atoms with van der Waals surface area (Å²) in [6.45, 7) is 1.69. The molecule has 0 bridgehead atoms.